The summed E-state index contributed by atoms with van der Waals surface area (Å²) in [5, 5.41) is 8.44. The van der Waals surface area contributed by atoms with Gasteiger partial charge in [-0.1, -0.05) is 53.5 Å². The number of nitrogens with zero attached hydrogens (tertiary/aromatic N) is 2. The molecule has 0 radical (unpaired) electrons. The van der Waals surface area contributed by atoms with E-state index in [1.54, 1.807) is 0 Å². The summed E-state index contributed by atoms with van der Waals surface area (Å²) in [6.07, 6.45) is 0. The molecule has 1 N–H and O–H groups in total. The van der Waals surface area contributed by atoms with E-state index in [0.29, 0.717) is 27.2 Å². The molecule has 0 aliphatic heterocycles. The second-order valence-electron chi connectivity index (χ2n) is 4.51. The number of hydrogen-bond donors (Lipinski definition) is 1. The number of benzene rings is 2. The van der Waals surface area contributed by atoms with Gasteiger partial charge in [0.2, 0.25) is 0 Å². The largest absolute Gasteiger partial charge is 0.296 e. The van der Waals surface area contributed by atoms with Crippen LogP contribution in [0, 0.1) is 4.77 Å². The maximum atomic E-state index is 6.25. The van der Waals surface area contributed by atoms with Crippen LogP contribution in [0.5, 0.6) is 0 Å². The second-order valence-corrected chi connectivity index (χ2v) is 5.71. The van der Waals surface area contributed by atoms with Crippen LogP contribution in [0.3, 0.4) is 0 Å². The summed E-state index contributed by atoms with van der Waals surface area (Å²) in [7, 11) is 0. The van der Waals surface area contributed by atoms with Gasteiger partial charge in [0.05, 0.1) is 11.6 Å². The Labute approximate surface area is 137 Å². The average Bonchev–Trinajstić information content (AvgIpc) is 2.83. The molecule has 0 aliphatic carbocycles. The van der Waals surface area contributed by atoms with Crippen LogP contribution in [-0.2, 0) is 6.54 Å². The standard InChI is InChI=1S/C15H11Cl2N3S/c16-12-7-3-1-5-10(12)9-20-14(18-19-15(20)21)11-6-2-4-8-13(11)17/h1-8H,9H2,(H,19,21). The molecule has 6 heteroatoms. The molecule has 1 aromatic heterocycles. The first-order chi connectivity index (χ1) is 10.2. The molecule has 3 nitrogen and oxygen atoms in total. The third-order valence-corrected chi connectivity index (χ3v) is 4.17. The van der Waals surface area contributed by atoms with Crippen LogP contribution in [0.2, 0.25) is 10.0 Å². The van der Waals surface area contributed by atoms with Crippen LogP contribution in [0.1, 0.15) is 5.56 Å². The molecular weight excluding hydrogens is 325 g/mol. The highest BCUT2D eigenvalue weighted by atomic mass is 35.5. The number of nitrogens with one attached hydrogen (secondary N) is 1. The van der Waals surface area contributed by atoms with Crippen LogP contribution < -0.4 is 0 Å². The summed E-state index contributed by atoms with van der Waals surface area (Å²) < 4.78 is 2.42. The van der Waals surface area contributed by atoms with Crippen molar-refractivity contribution in [2.45, 2.75) is 6.54 Å². The van der Waals surface area contributed by atoms with E-state index in [4.69, 9.17) is 35.4 Å². The van der Waals surface area contributed by atoms with Gasteiger partial charge in [-0.05, 0) is 36.0 Å². The predicted molar refractivity (Wildman–Crippen MR) is 88.4 cm³/mol. The van der Waals surface area contributed by atoms with Crippen LogP contribution in [-0.4, -0.2) is 14.8 Å². The molecule has 3 rings (SSSR count). The normalized spacial score (nSPS) is 10.8. The van der Waals surface area contributed by atoms with Gasteiger partial charge >= 0.3 is 0 Å². The summed E-state index contributed by atoms with van der Waals surface area (Å²) in [5.41, 5.74) is 1.81. The fourth-order valence-corrected chi connectivity index (χ4v) is 2.72. The Morgan fingerprint density at radius 2 is 1.67 bits per heavy atom. The fraction of sp³-hybridized carbons (Fsp3) is 0.0667. The number of hydrogen-bond acceptors (Lipinski definition) is 2. The molecular formula is C15H11Cl2N3S. The number of aromatic amines is 1. The van der Waals surface area contributed by atoms with Crippen molar-refractivity contribution in [1.29, 1.82) is 0 Å². The maximum absolute atomic E-state index is 6.25. The van der Waals surface area contributed by atoms with Gasteiger partial charge in [0, 0.05) is 10.6 Å². The molecule has 0 atom stereocenters. The lowest BCUT2D eigenvalue weighted by Gasteiger charge is -2.09. The van der Waals surface area contributed by atoms with Crippen molar-refractivity contribution >= 4 is 35.4 Å². The van der Waals surface area contributed by atoms with E-state index in [0.717, 1.165) is 11.1 Å². The molecule has 3 aromatic rings. The summed E-state index contributed by atoms with van der Waals surface area (Å²) in [6, 6.07) is 15.2. The lowest BCUT2D eigenvalue weighted by molar-refractivity contribution is 0.791. The fourth-order valence-electron chi connectivity index (χ4n) is 2.11. The van der Waals surface area contributed by atoms with E-state index in [9.17, 15) is 0 Å². The minimum atomic E-state index is 0.532. The van der Waals surface area contributed by atoms with Crippen LogP contribution in [0.15, 0.2) is 48.5 Å². The second kappa shape index (κ2) is 6.02. The summed E-state index contributed by atoms with van der Waals surface area (Å²) in [6.45, 7) is 0.537. The number of aromatic nitrogens is 3. The van der Waals surface area contributed by atoms with Crippen molar-refractivity contribution in [3.63, 3.8) is 0 Å². The van der Waals surface area contributed by atoms with Gasteiger partial charge in [0.15, 0.2) is 10.6 Å². The lowest BCUT2D eigenvalue weighted by Crippen LogP contribution is -2.03. The minimum absolute atomic E-state index is 0.532. The van der Waals surface area contributed by atoms with Crippen LogP contribution in [0.4, 0.5) is 0 Å². The van der Waals surface area contributed by atoms with E-state index in [2.05, 4.69) is 10.2 Å². The predicted octanol–water partition coefficient (Wildman–Crippen LogP) is 4.96. The third-order valence-electron chi connectivity index (χ3n) is 3.16. The SMILES string of the molecule is S=c1[nH]nc(-c2ccccc2Cl)n1Cc1ccccc1Cl. The topological polar surface area (TPSA) is 33.6 Å². The first kappa shape index (κ1) is 14.3. The van der Waals surface area contributed by atoms with E-state index in [1.807, 2.05) is 53.1 Å². The van der Waals surface area contributed by atoms with Crippen molar-refractivity contribution in [3.05, 3.63) is 68.9 Å². The molecule has 2 aromatic carbocycles. The molecule has 1 heterocycles. The summed E-state index contributed by atoms with van der Waals surface area (Å²) >= 11 is 17.8. The number of rotatable bonds is 3. The Bertz CT molecular complexity index is 839. The zero-order chi connectivity index (χ0) is 14.8. The molecule has 0 spiro atoms. The van der Waals surface area contributed by atoms with E-state index in [-0.39, 0.29) is 0 Å². The Morgan fingerprint density at radius 3 is 2.38 bits per heavy atom. The Kier molecular flexibility index (Phi) is 4.10. The van der Waals surface area contributed by atoms with E-state index in [1.165, 1.54) is 0 Å². The molecule has 21 heavy (non-hydrogen) atoms. The molecule has 0 amide bonds. The highest BCUT2D eigenvalue weighted by Crippen LogP contribution is 2.27. The lowest BCUT2D eigenvalue weighted by atomic mass is 10.2. The van der Waals surface area contributed by atoms with E-state index < -0.39 is 0 Å². The Balaban J connectivity index is 2.09. The third kappa shape index (κ3) is 2.88. The van der Waals surface area contributed by atoms with Gasteiger partial charge in [-0.2, -0.15) is 5.10 Å². The van der Waals surface area contributed by atoms with Gasteiger partial charge in [0.1, 0.15) is 0 Å². The highest BCUT2D eigenvalue weighted by Gasteiger charge is 2.13. The van der Waals surface area contributed by atoms with Crippen molar-refractivity contribution in [2.24, 2.45) is 0 Å². The van der Waals surface area contributed by atoms with Crippen molar-refractivity contribution in [3.8, 4) is 11.4 Å². The van der Waals surface area contributed by atoms with Gasteiger partial charge in [0.25, 0.3) is 0 Å². The van der Waals surface area contributed by atoms with Gasteiger partial charge in [-0.25, -0.2) is 0 Å². The quantitative estimate of drug-likeness (QED) is 0.686. The van der Waals surface area contributed by atoms with Crippen LogP contribution in [0.25, 0.3) is 11.4 Å². The van der Waals surface area contributed by atoms with Crippen molar-refractivity contribution in [2.75, 3.05) is 0 Å². The Hall–Kier alpha value is -1.62. The number of H-pyrrole nitrogens is 1. The molecule has 0 aliphatic rings. The van der Waals surface area contributed by atoms with Gasteiger partial charge in [-0.3, -0.25) is 9.67 Å². The zero-order valence-electron chi connectivity index (χ0n) is 10.9. The molecule has 106 valence electrons. The average molecular weight is 336 g/mol. The maximum Gasteiger partial charge on any atom is 0.195 e. The zero-order valence-corrected chi connectivity index (χ0v) is 13.2. The van der Waals surface area contributed by atoms with Gasteiger partial charge in [-0.15, -0.1) is 0 Å². The molecule has 0 saturated carbocycles. The minimum Gasteiger partial charge on any atom is -0.296 e. The first-order valence-electron chi connectivity index (χ1n) is 6.30. The van der Waals surface area contributed by atoms with Gasteiger partial charge < -0.3 is 0 Å². The van der Waals surface area contributed by atoms with Crippen molar-refractivity contribution < 1.29 is 0 Å². The molecule has 0 bridgehead atoms. The van der Waals surface area contributed by atoms with E-state index >= 15 is 0 Å². The first-order valence-corrected chi connectivity index (χ1v) is 7.47. The summed E-state index contributed by atoms with van der Waals surface area (Å²) in [5.74, 6) is 0.700. The van der Waals surface area contributed by atoms with Crippen molar-refractivity contribution in [1.82, 2.24) is 14.8 Å². The molecule has 0 saturated heterocycles. The Morgan fingerprint density at radius 1 is 1.00 bits per heavy atom. The molecule has 0 unspecified atom stereocenters. The number of halogens is 2. The summed E-state index contributed by atoms with van der Waals surface area (Å²) in [4.78, 5) is 0. The monoisotopic (exact) mass is 335 g/mol. The highest BCUT2D eigenvalue weighted by molar-refractivity contribution is 7.71. The molecule has 0 fully saturated rings. The van der Waals surface area contributed by atoms with Crippen LogP contribution >= 0.6 is 35.4 Å². The smallest absolute Gasteiger partial charge is 0.195 e.